The maximum Gasteiger partial charge on any atom is 0.193 e. The molecule has 1 saturated heterocycles. The van der Waals surface area contributed by atoms with Crippen LogP contribution in [0.4, 0.5) is 5.82 Å². The molecule has 2 aliphatic rings. The Kier molecular flexibility index (Phi) is 6.24. The second kappa shape index (κ2) is 9.22. The molecule has 1 fully saturated rings. The minimum Gasteiger partial charge on any atom is -0.486 e. The lowest BCUT2D eigenvalue weighted by atomic mass is 10.1. The Labute approximate surface area is 176 Å². The summed E-state index contributed by atoms with van der Waals surface area (Å²) in [5.74, 6) is 3.34. The fourth-order valence-electron chi connectivity index (χ4n) is 3.65. The highest BCUT2D eigenvalue weighted by molar-refractivity contribution is 6.32. The van der Waals surface area contributed by atoms with Gasteiger partial charge in [0, 0.05) is 46.0 Å². The quantitative estimate of drug-likeness (QED) is 0.611. The van der Waals surface area contributed by atoms with E-state index < -0.39 is 0 Å². The maximum atomic E-state index is 6.33. The summed E-state index contributed by atoms with van der Waals surface area (Å²) >= 11 is 6.33. The van der Waals surface area contributed by atoms with Crippen molar-refractivity contribution in [2.75, 3.05) is 57.9 Å². The number of aliphatic imine (C=N–C) groups is 1. The summed E-state index contributed by atoms with van der Waals surface area (Å²) in [6.07, 6.45) is 2.66. The topological polar surface area (TPSA) is 62.2 Å². The SMILES string of the molecule is CN=C(NCCc1cc(Cl)c2c(c1)OCCO2)N1CCN(c2ccccn2)CC1. The largest absolute Gasteiger partial charge is 0.486 e. The van der Waals surface area contributed by atoms with Crippen LogP contribution in [0.2, 0.25) is 5.02 Å². The van der Waals surface area contributed by atoms with E-state index in [9.17, 15) is 0 Å². The normalized spacial score (nSPS) is 16.7. The third-order valence-electron chi connectivity index (χ3n) is 5.12. The Morgan fingerprint density at radius 3 is 2.76 bits per heavy atom. The lowest BCUT2D eigenvalue weighted by molar-refractivity contribution is 0.171. The van der Waals surface area contributed by atoms with Gasteiger partial charge in [-0.25, -0.2) is 4.98 Å². The highest BCUT2D eigenvalue weighted by atomic mass is 35.5. The number of benzene rings is 1. The molecule has 0 radical (unpaired) electrons. The molecule has 1 aromatic heterocycles. The zero-order chi connectivity index (χ0) is 20.1. The van der Waals surface area contributed by atoms with Gasteiger partial charge in [-0.1, -0.05) is 17.7 Å². The van der Waals surface area contributed by atoms with Crippen molar-refractivity contribution in [2.24, 2.45) is 4.99 Å². The van der Waals surface area contributed by atoms with Crippen LogP contribution in [0.5, 0.6) is 11.5 Å². The molecule has 0 atom stereocenters. The van der Waals surface area contributed by atoms with Crippen LogP contribution in [0, 0.1) is 0 Å². The Bertz CT molecular complexity index is 854. The Hall–Kier alpha value is -2.67. The van der Waals surface area contributed by atoms with Gasteiger partial charge in [0.05, 0.1) is 5.02 Å². The molecule has 0 amide bonds. The van der Waals surface area contributed by atoms with E-state index in [1.807, 2.05) is 37.5 Å². The van der Waals surface area contributed by atoms with Gasteiger partial charge >= 0.3 is 0 Å². The number of rotatable bonds is 4. The molecule has 1 N–H and O–H groups in total. The number of nitrogens with one attached hydrogen (secondary N) is 1. The number of nitrogens with zero attached hydrogens (tertiary/aromatic N) is 4. The molecule has 0 unspecified atom stereocenters. The first-order valence-corrected chi connectivity index (χ1v) is 10.3. The smallest absolute Gasteiger partial charge is 0.193 e. The molecular formula is C21H26ClN5O2. The average molecular weight is 416 g/mol. The second-order valence-electron chi connectivity index (χ2n) is 6.99. The first-order valence-electron chi connectivity index (χ1n) is 9.94. The monoisotopic (exact) mass is 415 g/mol. The van der Waals surface area contributed by atoms with E-state index in [0.29, 0.717) is 24.0 Å². The summed E-state index contributed by atoms with van der Waals surface area (Å²) < 4.78 is 11.2. The molecule has 7 nitrogen and oxygen atoms in total. The van der Waals surface area contributed by atoms with Crippen LogP contribution in [-0.4, -0.2) is 68.8 Å². The van der Waals surface area contributed by atoms with Crippen LogP contribution in [-0.2, 0) is 6.42 Å². The van der Waals surface area contributed by atoms with Gasteiger partial charge < -0.3 is 24.6 Å². The number of anilines is 1. The van der Waals surface area contributed by atoms with E-state index >= 15 is 0 Å². The van der Waals surface area contributed by atoms with Crippen molar-refractivity contribution in [1.82, 2.24) is 15.2 Å². The molecule has 1 aromatic carbocycles. The summed E-state index contributed by atoms with van der Waals surface area (Å²) in [5.41, 5.74) is 1.11. The van der Waals surface area contributed by atoms with E-state index in [4.69, 9.17) is 21.1 Å². The van der Waals surface area contributed by atoms with Crippen molar-refractivity contribution in [3.63, 3.8) is 0 Å². The summed E-state index contributed by atoms with van der Waals surface area (Å²) in [6.45, 7) is 5.53. The average Bonchev–Trinajstić information content (AvgIpc) is 2.78. The number of pyridine rings is 1. The molecule has 0 saturated carbocycles. The number of fused-ring (bicyclic) bond motifs is 1. The molecule has 0 bridgehead atoms. The summed E-state index contributed by atoms with van der Waals surface area (Å²) in [6, 6.07) is 9.99. The Morgan fingerprint density at radius 1 is 1.17 bits per heavy atom. The van der Waals surface area contributed by atoms with Gasteiger partial charge in [0.1, 0.15) is 19.0 Å². The number of guanidine groups is 1. The standard InChI is InChI=1S/C21H26ClN5O2/c1-23-21(27-10-8-26(9-11-27)19-4-2-3-6-24-19)25-7-5-16-14-17(22)20-18(15-16)28-12-13-29-20/h2-4,6,14-15H,5,7-13H2,1H3,(H,23,25). The first-order chi connectivity index (χ1) is 14.2. The number of piperazine rings is 1. The molecule has 0 spiro atoms. The van der Waals surface area contributed by atoms with E-state index in [2.05, 4.69) is 31.2 Å². The summed E-state index contributed by atoms with van der Waals surface area (Å²) in [5, 5.41) is 4.07. The van der Waals surface area contributed by atoms with Crippen LogP contribution in [0.3, 0.4) is 0 Å². The third-order valence-corrected chi connectivity index (χ3v) is 5.40. The van der Waals surface area contributed by atoms with Gasteiger partial charge in [0.15, 0.2) is 17.5 Å². The molecule has 154 valence electrons. The molecule has 2 aromatic rings. The molecule has 2 aliphatic heterocycles. The molecule has 3 heterocycles. The van der Waals surface area contributed by atoms with Gasteiger partial charge in [-0.15, -0.1) is 0 Å². The third kappa shape index (κ3) is 4.67. The predicted molar refractivity (Wildman–Crippen MR) is 116 cm³/mol. The number of ether oxygens (including phenoxy) is 2. The molecular weight excluding hydrogens is 390 g/mol. The van der Waals surface area contributed by atoms with Gasteiger partial charge in [-0.3, -0.25) is 4.99 Å². The van der Waals surface area contributed by atoms with Gasteiger partial charge in [0.2, 0.25) is 0 Å². The van der Waals surface area contributed by atoms with E-state index in [1.54, 1.807) is 0 Å². The van der Waals surface area contributed by atoms with Crippen LogP contribution >= 0.6 is 11.6 Å². The number of aromatic nitrogens is 1. The van der Waals surface area contributed by atoms with E-state index in [0.717, 1.165) is 62.2 Å². The first kappa shape index (κ1) is 19.6. The van der Waals surface area contributed by atoms with E-state index in [-0.39, 0.29) is 0 Å². The van der Waals surface area contributed by atoms with Crippen molar-refractivity contribution in [3.8, 4) is 11.5 Å². The van der Waals surface area contributed by atoms with E-state index in [1.165, 1.54) is 0 Å². The Balaban J connectivity index is 1.29. The molecule has 29 heavy (non-hydrogen) atoms. The minimum absolute atomic E-state index is 0.539. The lowest BCUT2D eigenvalue weighted by Gasteiger charge is -2.37. The molecule has 4 rings (SSSR count). The number of hydrogen-bond acceptors (Lipinski definition) is 5. The fourth-order valence-corrected chi connectivity index (χ4v) is 3.94. The number of hydrogen-bond donors (Lipinski definition) is 1. The maximum absolute atomic E-state index is 6.33. The van der Waals surface area contributed by atoms with Crippen LogP contribution < -0.4 is 19.7 Å². The zero-order valence-corrected chi connectivity index (χ0v) is 17.4. The van der Waals surface area contributed by atoms with Gasteiger partial charge in [-0.2, -0.15) is 0 Å². The minimum atomic E-state index is 0.539. The van der Waals surface area contributed by atoms with Crippen molar-refractivity contribution < 1.29 is 9.47 Å². The highest BCUT2D eigenvalue weighted by Gasteiger charge is 2.20. The second-order valence-corrected chi connectivity index (χ2v) is 7.40. The van der Waals surface area contributed by atoms with Crippen LogP contribution in [0.25, 0.3) is 0 Å². The van der Waals surface area contributed by atoms with Gasteiger partial charge in [-0.05, 0) is 36.2 Å². The Morgan fingerprint density at radius 2 is 2.00 bits per heavy atom. The summed E-state index contributed by atoms with van der Waals surface area (Å²) in [4.78, 5) is 13.5. The molecule has 8 heteroatoms. The van der Waals surface area contributed by atoms with Crippen LogP contribution in [0.15, 0.2) is 41.5 Å². The lowest BCUT2D eigenvalue weighted by Crippen LogP contribution is -2.53. The van der Waals surface area contributed by atoms with Crippen molar-refractivity contribution in [1.29, 1.82) is 0 Å². The number of halogens is 1. The van der Waals surface area contributed by atoms with Gasteiger partial charge in [0.25, 0.3) is 0 Å². The summed E-state index contributed by atoms with van der Waals surface area (Å²) in [7, 11) is 1.83. The molecule has 0 aliphatic carbocycles. The zero-order valence-electron chi connectivity index (χ0n) is 16.6. The van der Waals surface area contributed by atoms with Crippen molar-refractivity contribution in [3.05, 3.63) is 47.1 Å². The predicted octanol–water partition coefficient (Wildman–Crippen LogP) is 2.45. The highest BCUT2D eigenvalue weighted by Crippen LogP contribution is 2.38. The fraction of sp³-hybridized carbons (Fsp3) is 0.429. The van der Waals surface area contributed by atoms with Crippen LogP contribution in [0.1, 0.15) is 5.56 Å². The van der Waals surface area contributed by atoms with Crippen molar-refractivity contribution in [2.45, 2.75) is 6.42 Å². The van der Waals surface area contributed by atoms with Crippen molar-refractivity contribution >= 4 is 23.4 Å².